The summed E-state index contributed by atoms with van der Waals surface area (Å²) in [7, 11) is -8.03. The van der Waals surface area contributed by atoms with Gasteiger partial charge in [-0.25, -0.2) is 21.8 Å². The van der Waals surface area contributed by atoms with Crippen molar-refractivity contribution in [1.82, 2.24) is 4.98 Å². The molecule has 6 nitrogen and oxygen atoms in total. The summed E-state index contributed by atoms with van der Waals surface area (Å²) >= 11 is 0.944. The Morgan fingerprint density at radius 1 is 1.00 bits per heavy atom. The van der Waals surface area contributed by atoms with E-state index in [9.17, 15) is 30.0 Å². The fourth-order valence-corrected chi connectivity index (χ4v) is 6.36. The third kappa shape index (κ3) is 5.18. The highest BCUT2D eigenvalue weighted by atomic mass is 32.2. The lowest BCUT2D eigenvalue weighted by atomic mass is 10.1. The summed E-state index contributed by atoms with van der Waals surface area (Å²) in [6.45, 7) is 0. The van der Waals surface area contributed by atoms with E-state index < -0.39 is 36.5 Å². The Labute approximate surface area is 175 Å². The van der Waals surface area contributed by atoms with E-state index in [2.05, 4.69) is 9.71 Å². The third-order valence-electron chi connectivity index (χ3n) is 3.95. The molecule has 1 heterocycles. The summed E-state index contributed by atoms with van der Waals surface area (Å²) < 4.78 is 89.8. The highest BCUT2D eigenvalue weighted by molar-refractivity contribution is 7.95. The number of nitrogens with one attached hydrogen (secondary N) is 1. The number of halogens is 3. The number of aromatic nitrogens is 1. The van der Waals surface area contributed by atoms with Gasteiger partial charge in [-0.3, -0.25) is 4.72 Å². The van der Waals surface area contributed by atoms with Crippen molar-refractivity contribution in [2.45, 2.75) is 22.4 Å². The predicted molar refractivity (Wildman–Crippen MR) is 107 cm³/mol. The maximum absolute atomic E-state index is 12.8. The molecule has 0 saturated heterocycles. The third-order valence-corrected chi connectivity index (χ3v) is 7.67. The second kappa shape index (κ2) is 8.00. The Balaban J connectivity index is 1.83. The molecule has 3 aromatic rings. The van der Waals surface area contributed by atoms with Gasteiger partial charge in [0.15, 0.2) is 15.0 Å². The number of rotatable bonds is 6. The molecule has 0 aliphatic carbocycles. The molecule has 0 bridgehead atoms. The Hall–Kier alpha value is -2.44. The summed E-state index contributed by atoms with van der Waals surface area (Å²) in [5, 5.41) is -0.0275. The number of alkyl halides is 3. The van der Waals surface area contributed by atoms with Crippen LogP contribution in [0.25, 0.3) is 0 Å². The number of nitrogens with zero attached hydrogens (tertiary/aromatic N) is 1. The Morgan fingerprint density at radius 3 is 2.30 bits per heavy atom. The first-order valence-corrected chi connectivity index (χ1v) is 12.5. The molecule has 0 aliphatic heterocycles. The van der Waals surface area contributed by atoms with Crippen molar-refractivity contribution in [3.63, 3.8) is 0 Å². The first-order chi connectivity index (χ1) is 13.9. The largest absolute Gasteiger partial charge is 0.416 e. The summed E-state index contributed by atoms with van der Waals surface area (Å²) in [5.74, 6) is 0. The summed E-state index contributed by atoms with van der Waals surface area (Å²) in [4.78, 5) is 3.71. The zero-order valence-corrected chi connectivity index (χ0v) is 17.8. The second-order valence-electron chi connectivity index (χ2n) is 6.33. The minimum atomic E-state index is -4.46. The number of thiazole rings is 1. The van der Waals surface area contributed by atoms with E-state index in [4.69, 9.17) is 0 Å². The molecule has 30 heavy (non-hydrogen) atoms. The van der Waals surface area contributed by atoms with Gasteiger partial charge in [-0.2, -0.15) is 13.2 Å². The Kier molecular flexibility index (Phi) is 5.94. The molecule has 0 saturated carbocycles. The minimum absolute atomic E-state index is 0.0275. The molecule has 0 radical (unpaired) electrons. The Bertz CT molecular complexity index is 1280. The molecule has 1 aromatic heterocycles. The van der Waals surface area contributed by atoms with Gasteiger partial charge in [0, 0.05) is 23.8 Å². The topological polar surface area (TPSA) is 93.2 Å². The number of anilines is 1. The van der Waals surface area contributed by atoms with Gasteiger partial charge in [0.1, 0.15) is 4.90 Å². The number of sulfonamides is 1. The van der Waals surface area contributed by atoms with Crippen LogP contribution in [-0.2, 0) is 32.5 Å². The lowest BCUT2D eigenvalue weighted by Crippen LogP contribution is -2.16. The quantitative estimate of drug-likeness (QED) is 0.581. The van der Waals surface area contributed by atoms with Crippen molar-refractivity contribution >= 4 is 36.3 Å². The van der Waals surface area contributed by atoms with Crippen LogP contribution in [0.15, 0.2) is 64.5 Å². The average Bonchev–Trinajstić information content (AvgIpc) is 3.06. The van der Waals surface area contributed by atoms with Crippen LogP contribution in [0.5, 0.6) is 0 Å². The fraction of sp³-hybridized carbons (Fsp3) is 0.167. The van der Waals surface area contributed by atoms with Crippen LogP contribution in [0.3, 0.4) is 0 Å². The van der Waals surface area contributed by atoms with E-state index in [1.807, 2.05) is 0 Å². The lowest BCUT2D eigenvalue weighted by Gasteiger charge is -2.09. The van der Waals surface area contributed by atoms with Gasteiger partial charge < -0.3 is 0 Å². The standard InChI is InChI=1S/C18H15F3N2O4S3/c1-29(24,25)15-7-2-3-8-16(15)30(26,27)23-17-22-11-14(28-17)10-12-5-4-6-13(9-12)18(19,20)21/h2-9,11H,10H2,1H3,(H,22,23). The maximum atomic E-state index is 12.8. The zero-order chi connectivity index (χ0) is 22.2. The van der Waals surface area contributed by atoms with Gasteiger partial charge >= 0.3 is 6.18 Å². The normalized spacial score (nSPS) is 12.7. The molecule has 0 amide bonds. The van der Waals surface area contributed by atoms with E-state index in [-0.39, 0.29) is 16.4 Å². The van der Waals surface area contributed by atoms with E-state index in [1.54, 1.807) is 0 Å². The van der Waals surface area contributed by atoms with Crippen LogP contribution in [-0.4, -0.2) is 28.1 Å². The van der Waals surface area contributed by atoms with Gasteiger partial charge in [0.05, 0.1) is 10.5 Å². The number of benzene rings is 2. The molecule has 1 N–H and O–H groups in total. The molecule has 12 heteroatoms. The van der Waals surface area contributed by atoms with Crippen molar-refractivity contribution in [2.24, 2.45) is 0 Å². The molecule has 0 fully saturated rings. The minimum Gasteiger partial charge on any atom is -0.255 e. The van der Waals surface area contributed by atoms with E-state index >= 15 is 0 Å². The highest BCUT2D eigenvalue weighted by Gasteiger charge is 2.30. The number of hydrogen-bond donors (Lipinski definition) is 1. The second-order valence-corrected chi connectivity index (χ2v) is 11.1. The van der Waals surface area contributed by atoms with Crippen LogP contribution in [0.2, 0.25) is 0 Å². The molecule has 3 rings (SSSR count). The van der Waals surface area contributed by atoms with Crippen molar-refractivity contribution in [3.05, 3.63) is 70.7 Å². The smallest absolute Gasteiger partial charge is 0.255 e. The van der Waals surface area contributed by atoms with Crippen LogP contribution in [0, 0.1) is 0 Å². The summed E-state index contributed by atoms with van der Waals surface area (Å²) in [5.41, 5.74) is -0.381. The van der Waals surface area contributed by atoms with Crippen LogP contribution in [0.4, 0.5) is 18.3 Å². The Morgan fingerprint density at radius 2 is 1.67 bits per heavy atom. The van der Waals surface area contributed by atoms with Gasteiger partial charge in [-0.05, 0) is 23.8 Å². The molecule has 0 spiro atoms. The molecular formula is C18H15F3N2O4S3. The van der Waals surface area contributed by atoms with Gasteiger partial charge in [0.2, 0.25) is 0 Å². The molecule has 0 unspecified atom stereocenters. The number of hydrogen-bond acceptors (Lipinski definition) is 6. The summed E-state index contributed by atoms with van der Waals surface area (Å²) in [6.07, 6.45) is -2.08. The first kappa shape index (κ1) is 22.2. The predicted octanol–water partition coefficient (Wildman–Crippen LogP) is 3.96. The SMILES string of the molecule is CS(=O)(=O)c1ccccc1S(=O)(=O)Nc1ncc(Cc2cccc(C(F)(F)F)c2)s1. The molecule has 0 aliphatic rings. The van der Waals surface area contributed by atoms with E-state index in [1.165, 1.54) is 36.5 Å². The van der Waals surface area contributed by atoms with Crippen molar-refractivity contribution in [1.29, 1.82) is 0 Å². The van der Waals surface area contributed by atoms with Crippen LogP contribution >= 0.6 is 11.3 Å². The number of sulfone groups is 1. The molecular weight excluding hydrogens is 461 g/mol. The van der Waals surface area contributed by atoms with Crippen LogP contribution < -0.4 is 4.72 Å². The maximum Gasteiger partial charge on any atom is 0.416 e. The lowest BCUT2D eigenvalue weighted by molar-refractivity contribution is -0.137. The first-order valence-electron chi connectivity index (χ1n) is 8.29. The average molecular weight is 477 g/mol. The molecule has 0 atom stereocenters. The van der Waals surface area contributed by atoms with Crippen molar-refractivity contribution in [2.75, 3.05) is 11.0 Å². The fourth-order valence-electron chi connectivity index (χ4n) is 2.64. The van der Waals surface area contributed by atoms with Gasteiger partial charge in [-0.15, -0.1) is 11.3 Å². The van der Waals surface area contributed by atoms with E-state index in [0.717, 1.165) is 35.8 Å². The van der Waals surface area contributed by atoms with E-state index in [0.29, 0.717) is 10.4 Å². The van der Waals surface area contributed by atoms with Gasteiger partial charge in [0.25, 0.3) is 10.0 Å². The monoisotopic (exact) mass is 476 g/mol. The van der Waals surface area contributed by atoms with Crippen molar-refractivity contribution in [3.8, 4) is 0 Å². The van der Waals surface area contributed by atoms with Gasteiger partial charge in [-0.1, -0.05) is 30.3 Å². The summed E-state index contributed by atoms with van der Waals surface area (Å²) in [6, 6.07) is 9.96. The molecule has 2 aromatic carbocycles. The zero-order valence-electron chi connectivity index (χ0n) is 15.3. The molecule has 160 valence electrons. The van der Waals surface area contributed by atoms with Crippen molar-refractivity contribution < 1.29 is 30.0 Å². The highest BCUT2D eigenvalue weighted by Crippen LogP contribution is 2.31. The van der Waals surface area contributed by atoms with Crippen LogP contribution in [0.1, 0.15) is 16.0 Å².